The molecule has 9 nitrogen and oxygen atoms in total. The van der Waals surface area contributed by atoms with Crippen LogP contribution in [-0.4, -0.2) is 66.0 Å². The van der Waals surface area contributed by atoms with Crippen LogP contribution in [0.25, 0.3) is 27.8 Å². The van der Waals surface area contributed by atoms with Crippen molar-refractivity contribution in [2.24, 2.45) is 7.05 Å². The molecule has 5 aromatic heterocycles. The first-order valence-electron chi connectivity index (χ1n) is 13.4. The lowest BCUT2D eigenvalue weighted by Crippen LogP contribution is -2.68. The van der Waals surface area contributed by atoms with Gasteiger partial charge in [-0.3, -0.25) is 9.58 Å². The number of piperidine rings is 1. The molecular weight excluding hydrogens is 510 g/mol. The Balaban J connectivity index is 1.08. The van der Waals surface area contributed by atoms with E-state index in [9.17, 15) is 5.26 Å². The molecule has 0 N–H and O–H groups in total. The second kappa shape index (κ2) is 9.95. The Kier molecular flexibility index (Phi) is 5.97. The molecule has 9 heteroatoms. The molecular formula is C32H25N9. The van der Waals surface area contributed by atoms with E-state index in [4.69, 9.17) is 11.4 Å². The third-order valence-electron chi connectivity index (χ3n) is 7.91. The smallest absolute Gasteiger partial charge is 0.128 e. The first kappa shape index (κ1) is 24.6. The van der Waals surface area contributed by atoms with Crippen LogP contribution in [0.1, 0.15) is 23.2 Å². The lowest BCUT2D eigenvalue weighted by molar-refractivity contribution is 0.0125. The highest BCUT2D eigenvalue weighted by atomic mass is 15.4. The van der Waals surface area contributed by atoms with Gasteiger partial charge in [-0.15, -0.1) is 6.42 Å². The summed E-state index contributed by atoms with van der Waals surface area (Å²) in [6.07, 6.45) is 17.5. The summed E-state index contributed by atoms with van der Waals surface area (Å²) in [7, 11) is 1.89. The third-order valence-corrected chi connectivity index (χ3v) is 7.91. The number of aryl methyl sites for hydroxylation is 1. The fourth-order valence-electron chi connectivity index (χ4n) is 5.79. The molecule has 41 heavy (non-hydrogen) atoms. The molecule has 8 rings (SSSR count). The summed E-state index contributed by atoms with van der Waals surface area (Å²) in [6, 6.07) is 13.2. The van der Waals surface area contributed by atoms with Gasteiger partial charge in [-0.1, -0.05) is 11.8 Å². The van der Waals surface area contributed by atoms with Crippen LogP contribution in [0.4, 0.5) is 5.82 Å². The van der Waals surface area contributed by atoms with Gasteiger partial charge in [0, 0.05) is 84.8 Å². The van der Waals surface area contributed by atoms with Gasteiger partial charge >= 0.3 is 0 Å². The van der Waals surface area contributed by atoms with E-state index in [1.807, 2.05) is 44.0 Å². The number of pyridine rings is 3. The van der Waals surface area contributed by atoms with Crippen molar-refractivity contribution >= 4 is 11.3 Å². The van der Waals surface area contributed by atoms with E-state index in [1.165, 1.54) is 6.42 Å². The first-order valence-corrected chi connectivity index (χ1v) is 13.4. The topological polar surface area (TPSA) is 91.2 Å². The summed E-state index contributed by atoms with van der Waals surface area (Å²) in [5.41, 5.74) is 6.59. The number of nitriles is 1. The van der Waals surface area contributed by atoms with Crippen molar-refractivity contribution in [1.82, 2.24) is 34.3 Å². The van der Waals surface area contributed by atoms with Gasteiger partial charge in [0.05, 0.1) is 30.0 Å². The van der Waals surface area contributed by atoms with Crippen LogP contribution in [0.5, 0.6) is 0 Å². The maximum Gasteiger partial charge on any atom is 0.128 e. The Morgan fingerprint density at radius 3 is 2.51 bits per heavy atom. The number of anilines is 1. The normalized spacial score (nSPS) is 17.8. The Morgan fingerprint density at radius 1 is 0.951 bits per heavy atom. The van der Waals surface area contributed by atoms with Gasteiger partial charge in [0.25, 0.3) is 0 Å². The van der Waals surface area contributed by atoms with Gasteiger partial charge in [-0.05, 0) is 42.7 Å². The number of fused-ring (bicyclic) bond motifs is 3. The zero-order chi connectivity index (χ0) is 27.9. The number of piperazine rings is 1. The van der Waals surface area contributed by atoms with Crippen molar-refractivity contribution in [1.29, 1.82) is 5.26 Å². The minimum Gasteiger partial charge on any atom is -0.353 e. The summed E-state index contributed by atoms with van der Waals surface area (Å²) in [6.45, 7) is 2.56. The van der Waals surface area contributed by atoms with Gasteiger partial charge in [0.1, 0.15) is 17.6 Å². The van der Waals surface area contributed by atoms with Crippen molar-refractivity contribution in [3.63, 3.8) is 0 Å². The van der Waals surface area contributed by atoms with Crippen molar-refractivity contribution < 1.29 is 0 Å². The summed E-state index contributed by atoms with van der Waals surface area (Å²) < 4.78 is 3.54. The molecule has 198 valence electrons. The van der Waals surface area contributed by atoms with Crippen LogP contribution < -0.4 is 4.90 Å². The van der Waals surface area contributed by atoms with Gasteiger partial charge in [0.15, 0.2) is 0 Å². The van der Waals surface area contributed by atoms with Gasteiger partial charge in [-0.25, -0.2) is 14.5 Å². The Labute approximate surface area is 237 Å². The van der Waals surface area contributed by atoms with E-state index in [0.29, 0.717) is 17.6 Å². The van der Waals surface area contributed by atoms with E-state index >= 15 is 0 Å². The standard InChI is InChI=1S/C32H25N9/c1-3-22-6-8-27(34-14-22)5-4-10-40-28-12-29(40)21-39(20-28)31-9-7-23(15-35-31)30-11-24(26-17-36-38(2)18-26)19-41-32(30)25(13-33)16-37-41/h1,6-9,11,14-19,28-29H,10,12,20-21H2,2H3. The molecule has 3 saturated heterocycles. The molecule has 0 aromatic carbocycles. The van der Waals surface area contributed by atoms with Crippen molar-refractivity contribution in [3.05, 3.63) is 84.3 Å². The molecule has 2 unspecified atom stereocenters. The minimum atomic E-state index is 0.460. The molecule has 0 amide bonds. The summed E-state index contributed by atoms with van der Waals surface area (Å²) in [4.78, 5) is 14.0. The van der Waals surface area contributed by atoms with Crippen LogP contribution in [-0.2, 0) is 7.05 Å². The molecule has 0 aliphatic carbocycles. The highest BCUT2D eigenvalue weighted by molar-refractivity contribution is 5.87. The summed E-state index contributed by atoms with van der Waals surface area (Å²) >= 11 is 0. The second-order valence-electron chi connectivity index (χ2n) is 10.4. The second-order valence-corrected chi connectivity index (χ2v) is 10.4. The monoisotopic (exact) mass is 535 g/mol. The minimum absolute atomic E-state index is 0.460. The molecule has 3 fully saturated rings. The van der Waals surface area contributed by atoms with E-state index in [2.05, 4.69) is 67.0 Å². The van der Waals surface area contributed by atoms with Crippen LogP contribution >= 0.6 is 0 Å². The molecule has 2 bridgehead atoms. The highest BCUT2D eigenvalue weighted by Crippen LogP contribution is 2.35. The number of hydrogen-bond donors (Lipinski definition) is 0. The molecule has 8 heterocycles. The molecule has 3 aliphatic rings. The Morgan fingerprint density at radius 2 is 1.83 bits per heavy atom. The number of hydrogen-bond acceptors (Lipinski definition) is 7. The number of terminal acetylenes is 1. The van der Waals surface area contributed by atoms with Crippen LogP contribution in [0, 0.1) is 35.5 Å². The predicted molar refractivity (Wildman–Crippen MR) is 156 cm³/mol. The number of aromatic nitrogens is 6. The maximum atomic E-state index is 9.72. The van der Waals surface area contributed by atoms with E-state index in [-0.39, 0.29) is 0 Å². The lowest BCUT2D eigenvalue weighted by atomic mass is 9.87. The van der Waals surface area contributed by atoms with Gasteiger partial charge in [0.2, 0.25) is 0 Å². The van der Waals surface area contributed by atoms with Gasteiger partial charge in [-0.2, -0.15) is 15.5 Å². The van der Waals surface area contributed by atoms with Crippen molar-refractivity contribution in [2.75, 3.05) is 24.5 Å². The van der Waals surface area contributed by atoms with Crippen LogP contribution in [0.2, 0.25) is 0 Å². The van der Waals surface area contributed by atoms with E-state index in [0.717, 1.165) is 64.5 Å². The number of nitrogens with zero attached hydrogens (tertiary/aromatic N) is 9. The van der Waals surface area contributed by atoms with E-state index in [1.54, 1.807) is 21.6 Å². The van der Waals surface area contributed by atoms with Crippen LogP contribution in [0.15, 0.2) is 67.5 Å². The molecule has 0 radical (unpaired) electrons. The van der Waals surface area contributed by atoms with E-state index < -0.39 is 0 Å². The predicted octanol–water partition coefficient (Wildman–Crippen LogP) is 3.36. The third kappa shape index (κ3) is 4.47. The average molecular weight is 536 g/mol. The number of rotatable bonds is 4. The molecule has 2 atom stereocenters. The maximum absolute atomic E-state index is 9.72. The fraction of sp³-hybridized carbons (Fsp3) is 0.219. The largest absolute Gasteiger partial charge is 0.353 e. The zero-order valence-corrected chi connectivity index (χ0v) is 22.4. The van der Waals surface area contributed by atoms with Crippen molar-refractivity contribution in [2.45, 2.75) is 18.5 Å². The quantitative estimate of drug-likeness (QED) is 0.326. The average Bonchev–Trinajstić information content (AvgIpc) is 3.65. The first-order chi connectivity index (χ1) is 20.1. The molecule has 5 aromatic rings. The Bertz CT molecular complexity index is 1890. The van der Waals surface area contributed by atoms with Crippen molar-refractivity contribution in [3.8, 4) is 52.5 Å². The summed E-state index contributed by atoms with van der Waals surface area (Å²) in [5, 5.41) is 18.5. The lowest BCUT2D eigenvalue weighted by Gasteiger charge is -2.56. The fourth-order valence-corrected chi connectivity index (χ4v) is 5.79. The van der Waals surface area contributed by atoms with Crippen LogP contribution in [0.3, 0.4) is 0 Å². The van der Waals surface area contributed by atoms with Gasteiger partial charge < -0.3 is 4.90 Å². The molecule has 3 aliphatic heterocycles. The SMILES string of the molecule is C#Cc1ccc(C#CCN2C3CC2CN(c2ccc(-c4cc(-c5cnn(C)c5)cn5ncc(C#N)c45)cn2)C3)nc1. The molecule has 0 saturated carbocycles. The Hall–Kier alpha value is -5.43. The summed E-state index contributed by atoms with van der Waals surface area (Å²) in [5.74, 6) is 9.97. The highest BCUT2D eigenvalue weighted by Gasteiger charge is 2.44. The molecule has 0 spiro atoms. The zero-order valence-electron chi connectivity index (χ0n) is 22.4.